The van der Waals surface area contributed by atoms with Gasteiger partial charge in [0, 0.05) is 0 Å². The Labute approximate surface area is 243 Å². The molecule has 0 aromatic rings. The van der Waals surface area contributed by atoms with Crippen LogP contribution in [0.3, 0.4) is 0 Å². The number of aliphatic hydroxyl groups is 13. The van der Waals surface area contributed by atoms with E-state index in [0.717, 1.165) is 0 Å². The first-order chi connectivity index (χ1) is 20.3. The van der Waals surface area contributed by atoms with Gasteiger partial charge in [0.15, 0.2) is 25.2 Å². The lowest BCUT2D eigenvalue weighted by atomic mass is 10.0. The molecule has 1 unspecified atom stereocenters. The molecule has 4 rings (SSSR count). The van der Waals surface area contributed by atoms with Crippen molar-refractivity contribution in [1.82, 2.24) is 0 Å². The fourth-order valence-electron chi connectivity index (χ4n) is 5.26. The summed E-state index contributed by atoms with van der Waals surface area (Å²) < 4.78 is 37.9. The van der Waals surface area contributed by atoms with E-state index in [-0.39, 0.29) is 0 Å². The summed E-state index contributed by atoms with van der Waals surface area (Å²) in [6.07, 6.45) is -31.1. The molecule has 0 aromatic carbocycles. The van der Waals surface area contributed by atoms with Crippen LogP contribution in [0.25, 0.3) is 0 Å². The second kappa shape index (κ2) is 14.7. The Morgan fingerprint density at radius 2 is 1.02 bits per heavy atom. The molecule has 4 saturated heterocycles. The molecule has 4 fully saturated rings. The van der Waals surface area contributed by atoms with Gasteiger partial charge in [-0.05, 0) is 0 Å². The maximum atomic E-state index is 10.8. The van der Waals surface area contributed by atoms with Crippen LogP contribution in [0, 0.1) is 0 Å². The first-order valence-corrected chi connectivity index (χ1v) is 13.5. The van der Waals surface area contributed by atoms with Crippen LogP contribution < -0.4 is 0 Å². The lowest BCUT2D eigenvalue weighted by molar-refractivity contribution is -0.269. The molecule has 20 nitrogen and oxygen atoms in total. The van der Waals surface area contributed by atoms with E-state index in [1.807, 2.05) is 0 Å². The minimum Gasteiger partial charge on any atom is -0.394 e. The van der Waals surface area contributed by atoms with Gasteiger partial charge in [-0.1, -0.05) is 0 Å². The maximum absolute atomic E-state index is 10.8. The lowest BCUT2D eigenvalue weighted by Crippen LogP contribution is -2.47. The lowest BCUT2D eigenvalue weighted by Gasteiger charge is -2.30. The van der Waals surface area contributed by atoms with Gasteiger partial charge < -0.3 is 99.5 Å². The number of hydrogen-bond acceptors (Lipinski definition) is 20. The van der Waals surface area contributed by atoms with Gasteiger partial charge in [0.1, 0.15) is 91.6 Å². The Morgan fingerprint density at radius 1 is 0.512 bits per heavy atom. The molecule has 0 bridgehead atoms. The van der Waals surface area contributed by atoms with Crippen LogP contribution in [0.4, 0.5) is 0 Å². The summed E-state index contributed by atoms with van der Waals surface area (Å²) in [6.45, 7) is -3.07. The largest absolute Gasteiger partial charge is 0.394 e. The average molecular weight is 637 g/mol. The smallest absolute Gasteiger partial charge is 0.187 e. The Morgan fingerprint density at radius 3 is 1.58 bits per heavy atom. The molecule has 0 amide bonds. The summed E-state index contributed by atoms with van der Waals surface area (Å²) in [5.41, 5.74) is 0. The van der Waals surface area contributed by atoms with Crippen molar-refractivity contribution in [3.05, 3.63) is 0 Å². The van der Waals surface area contributed by atoms with Gasteiger partial charge in [-0.3, -0.25) is 0 Å². The molecule has 252 valence electrons. The summed E-state index contributed by atoms with van der Waals surface area (Å²) in [7, 11) is 0. The Kier molecular flexibility index (Phi) is 12.0. The summed E-state index contributed by atoms with van der Waals surface area (Å²) in [5, 5.41) is 130. The normalized spacial score (nSPS) is 49.0. The predicted molar refractivity (Wildman–Crippen MR) is 128 cm³/mol. The van der Waals surface area contributed by atoms with E-state index < -0.39 is 143 Å². The van der Waals surface area contributed by atoms with Gasteiger partial charge in [-0.25, -0.2) is 0 Å². The standard InChI is InChI=1S/C23H40O20/c24-1-5(27)17-11(30)15(34)21(42-17)37-4-8(40-22-14(33)9(28)6(2-25)38-22)19-12(31)16(35)23(43-19)39-7(3-26)18-10(29)13(32)20(36)41-18/h5-36H,1-4H2/t5-,6-,7-,8-,9-,10-,11-,12-,13-,14+,15-,16-,17+,18+,19+,20?,21-,22-,23-/m1/s1. The summed E-state index contributed by atoms with van der Waals surface area (Å²) >= 11 is 0. The zero-order chi connectivity index (χ0) is 31.7. The van der Waals surface area contributed by atoms with Crippen LogP contribution in [0.1, 0.15) is 0 Å². The molecular formula is C23H40O20. The second-order valence-corrected chi connectivity index (χ2v) is 10.7. The van der Waals surface area contributed by atoms with Crippen LogP contribution in [0.2, 0.25) is 0 Å². The van der Waals surface area contributed by atoms with Crippen molar-refractivity contribution >= 4 is 0 Å². The quantitative estimate of drug-likeness (QED) is 0.0892. The van der Waals surface area contributed by atoms with Crippen molar-refractivity contribution in [3.63, 3.8) is 0 Å². The van der Waals surface area contributed by atoms with E-state index in [4.69, 9.17) is 38.3 Å². The number of rotatable bonds is 13. The molecule has 4 aliphatic heterocycles. The van der Waals surface area contributed by atoms with Crippen LogP contribution in [0.15, 0.2) is 0 Å². The number of ether oxygens (including phenoxy) is 7. The molecule has 43 heavy (non-hydrogen) atoms. The zero-order valence-corrected chi connectivity index (χ0v) is 22.5. The topological polar surface area (TPSA) is 328 Å². The highest BCUT2D eigenvalue weighted by Gasteiger charge is 2.54. The number of aliphatic hydroxyl groups excluding tert-OH is 13. The van der Waals surface area contributed by atoms with Gasteiger partial charge in [-0.2, -0.15) is 0 Å². The molecule has 0 aromatic heterocycles. The van der Waals surface area contributed by atoms with Crippen molar-refractivity contribution in [2.75, 3.05) is 26.4 Å². The highest BCUT2D eigenvalue weighted by atomic mass is 16.8. The summed E-state index contributed by atoms with van der Waals surface area (Å²) in [4.78, 5) is 0. The van der Waals surface area contributed by atoms with Gasteiger partial charge in [0.2, 0.25) is 0 Å². The van der Waals surface area contributed by atoms with Crippen molar-refractivity contribution in [2.45, 2.75) is 117 Å². The predicted octanol–water partition coefficient (Wildman–Crippen LogP) is -9.11. The molecule has 0 radical (unpaired) electrons. The third-order valence-electron chi connectivity index (χ3n) is 7.81. The molecule has 19 atom stereocenters. The van der Waals surface area contributed by atoms with E-state index in [2.05, 4.69) is 0 Å². The molecule has 0 saturated carbocycles. The Bertz CT molecular complexity index is 871. The van der Waals surface area contributed by atoms with Gasteiger partial charge in [0.25, 0.3) is 0 Å². The molecule has 4 heterocycles. The Balaban J connectivity index is 1.49. The molecule has 0 spiro atoms. The third-order valence-corrected chi connectivity index (χ3v) is 7.81. The third kappa shape index (κ3) is 7.13. The van der Waals surface area contributed by atoms with Crippen LogP contribution in [0.5, 0.6) is 0 Å². The average Bonchev–Trinajstić information content (AvgIpc) is 3.64. The summed E-state index contributed by atoms with van der Waals surface area (Å²) in [5.74, 6) is 0. The van der Waals surface area contributed by atoms with E-state index in [1.54, 1.807) is 0 Å². The highest BCUT2D eigenvalue weighted by molar-refractivity contribution is 4.97. The van der Waals surface area contributed by atoms with Crippen LogP contribution in [-0.4, -0.2) is 210 Å². The van der Waals surface area contributed by atoms with Gasteiger partial charge in [0.05, 0.1) is 26.4 Å². The minimum atomic E-state index is -1.86. The SMILES string of the molecule is OC[C@@H](O)[C@@H]1O[C@@H](OC[C@@H](O[C@H]2O[C@H](CO)[C@@H](O)[C@@H]2O)[C@@H]2O[C@@H](O[C@H](CO)[C@@H]3OC(O)[C@H](O)[C@H]3O)[C@H](O)[C@H]2O)[C@H](O)[C@H]1O. The van der Waals surface area contributed by atoms with E-state index in [9.17, 15) is 61.3 Å². The molecular weight excluding hydrogens is 596 g/mol. The molecule has 13 N–H and O–H groups in total. The van der Waals surface area contributed by atoms with E-state index in [1.165, 1.54) is 0 Å². The van der Waals surface area contributed by atoms with Gasteiger partial charge in [-0.15, -0.1) is 0 Å². The monoisotopic (exact) mass is 636 g/mol. The number of hydrogen-bond donors (Lipinski definition) is 13. The molecule has 0 aliphatic carbocycles. The fourth-order valence-corrected chi connectivity index (χ4v) is 5.26. The highest BCUT2D eigenvalue weighted by Crippen LogP contribution is 2.33. The first-order valence-electron chi connectivity index (χ1n) is 13.5. The minimum absolute atomic E-state index is 0.698. The fraction of sp³-hybridized carbons (Fsp3) is 1.00. The van der Waals surface area contributed by atoms with E-state index in [0.29, 0.717) is 0 Å². The maximum Gasteiger partial charge on any atom is 0.187 e. The zero-order valence-electron chi connectivity index (χ0n) is 22.5. The van der Waals surface area contributed by atoms with Crippen molar-refractivity contribution < 1.29 is 99.5 Å². The summed E-state index contributed by atoms with van der Waals surface area (Å²) in [6, 6.07) is 0. The van der Waals surface area contributed by atoms with E-state index >= 15 is 0 Å². The second-order valence-electron chi connectivity index (χ2n) is 10.7. The van der Waals surface area contributed by atoms with Crippen LogP contribution in [-0.2, 0) is 33.2 Å². The van der Waals surface area contributed by atoms with Crippen molar-refractivity contribution in [1.29, 1.82) is 0 Å². The first kappa shape index (κ1) is 35.1. The van der Waals surface area contributed by atoms with Gasteiger partial charge >= 0.3 is 0 Å². The molecule has 4 aliphatic rings. The Hall–Kier alpha value is -0.800. The molecule has 20 heteroatoms. The van der Waals surface area contributed by atoms with Crippen molar-refractivity contribution in [3.8, 4) is 0 Å². The van der Waals surface area contributed by atoms with Crippen molar-refractivity contribution in [2.24, 2.45) is 0 Å². The van der Waals surface area contributed by atoms with Crippen LogP contribution >= 0.6 is 0 Å².